The molecule has 1 aromatic heterocycles. The van der Waals surface area contributed by atoms with E-state index < -0.39 is 0 Å². The molecule has 0 bridgehead atoms. The summed E-state index contributed by atoms with van der Waals surface area (Å²) in [6.45, 7) is -0.195. The van der Waals surface area contributed by atoms with Crippen molar-refractivity contribution in [3.05, 3.63) is 41.7 Å². The molecule has 0 spiro atoms. The molecule has 0 saturated carbocycles. The molecule has 1 aromatic carbocycles. The van der Waals surface area contributed by atoms with Crippen LogP contribution in [-0.2, 0) is 0 Å². The van der Waals surface area contributed by atoms with E-state index in [1.54, 1.807) is 12.4 Å². The van der Waals surface area contributed by atoms with E-state index in [0.29, 0.717) is 11.0 Å². The average molecular weight is 251 g/mol. The standard InChI is InChI=1S/C11H11ClN4O/c12-10-3-1-2-8(4-10)9-5-13-11(14-6-9)16-15-7-17/h1-6,15,17H,7H2,(H,13,14,16). The van der Waals surface area contributed by atoms with Gasteiger partial charge in [-0.1, -0.05) is 23.7 Å². The van der Waals surface area contributed by atoms with E-state index in [1.165, 1.54) is 0 Å². The van der Waals surface area contributed by atoms with Gasteiger partial charge >= 0.3 is 0 Å². The van der Waals surface area contributed by atoms with Gasteiger partial charge in [-0.2, -0.15) is 0 Å². The second-order valence-electron chi connectivity index (χ2n) is 3.27. The van der Waals surface area contributed by atoms with Gasteiger partial charge in [-0.3, -0.25) is 5.43 Å². The fourth-order valence-corrected chi connectivity index (χ4v) is 1.52. The Labute approximate surface area is 103 Å². The number of aliphatic hydroxyl groups excluding tert-OH is 1. The first kappa shape index (κ1) is 11.8. The molecule has 0 aliphatic rings. The van der Waals surface area contributed by atoms with Crippen LogP contribution in [0.3, 0.4) is 0 Å². The summed E-state index contributed by atoms with van der Waals surface area (Å²) in [5.41, 5.74) is 6.96. The lowest BCUT2D eigenvalue weighted by atomic mass is 10.1. The number of nitrogens with one attached hydrogen (secondary N) is 2. The molecule has 0 atom stereocenters. The highest BCUT2D eigenvalue weighted by Gasteiger charge is 2.00. The SMILES string of the molecule is OCNNc1ncc(-c2cccc(Cl)c2)cn1. The van der Waals surface area contributed by atoms with Crippen molar-refractivity contribution in [1.82, 2.24) is 15.4 Å². The highest BCUT2D eigenvalue weighted by Crippen LogP contribution is 2.21. The van der Waals surface area contributed by atoms with E-state index in [4.69, 9.17) is 16.7 Å². The predicted octanol–water partition coefficient (Wildman–Crippen LogP) is 1.66. The maximum absolute atomic E-state index is 8.55. The number of nitrogens with zero attached hydrogens (tertiary/aromatic N) is 2. The summed E-state index contributed by atoms with van der Waals surface area (Å²) in [5.74, 6) is 0.393. The number of hydrogen-bond acceptors (Lipinski definition) is 5. The quantitative estimate of drug-likeness (QED) is 0.569. The zero-order chi connectivity index (χ0) is 12.1. The van der Waals surface area contributed by atoms with Crippen molar-refractivity contribution in [2.24, 2.45) is 0 Å². The molecule has 6 heteroatoms. The van der Waals surface area contributed by atoms with Crippen molar-refractivity contribution in [3.63, 3.8) is 0 Å². The summed E-state index contributed by atoms with van der Waals surface area (Å²) >= 11 is 5.90. The van der Waals surface area contributed by atoms with Gasteiger partial charge in [-0.25, -0.2) is 15.4 Å². The number of rotatable bonds is 4. The molecule has 3 N–H and O–H groups in total. The van der Waals surface area contributed by atoms with Gasteiger partial charge in [0.25, 0.3) is 0 Å². The Morgan fingerprint density at radius 3 is 2.59 bits per heavy atom. The second-order valence-corrected chi connectivity index (χ2v) is 3.70. The molecule has 2 aromatic rings. The lowest BCUT2D eigenvalue weighted by Crippen LogP contribution is -2.23. The third-order valence-electron chi connectivity index (χ3n) is 2.09. The van der Waals surface area contributed by atoms with Crippen LogP contribution in [0.1, 0.15) is 0 Å². The molecule has 5 nitrogen and oxygen atoms in total. The van der Waals surface area contributed by atoms with Gasteiger partial charge in [0.05, 0.1) is 0 Å². The van der Waals surface area contributed by atoms with Gasteiger partial charge in [0, 0.05) is 23.0 Å². The zero-order valence-corrected chi connectivity index (χ0v) is 9.65. The van der Waals surface area contributed by atoms with Crippen LogP contribution in [0, 0.1) is 0 Å². The minimum atomic E-state index is -0.195. The Morgan fingerprint density at radius 1 is 1.18 bits per heavy atom. The van der Waals surface area contributed by atoms with Crippen molar-refractivity contribution < 1.29 is 5.11 Å². The maximum Gasteiger partial charge on any atom is 0.237 e. The normalized spacial score (nSPS) is 10.2. The molecule has 17 heavy (non-hydrogen) atoms. The van der Waals surface area contributed by atoms with Crippen LogP contribution >= 0.6 is 11.6 Å². The number of hydrogen-bond donors (Lipinski definition) is 3. The van der Waals surface area contributed by atoms with Crippen LogP contribution in [0.4, 0.5) is 5.95 Å². The number of aromatic nitrogens is 2. The van der Waals surface area contributed by atoms with Crippen LogP contribution in [0.15, 0.2) is 36.7 Å². The summed E-state index contributed by atoms with van der Waals surface area (Å²) in [4.78, 5) is 8.17. The van der Waals surface area contributed by atoms with Crippen LogP contribution in [0.5, 0.6) is 0 Å². The second kappa shape index (κ2) is 5.58. The molecule has 0 fully saturated rings. The summed E-state index contributed by atoms with van der Waals surface area (Å²) in [7, 11) is 0. The van der Waals surface area contributed by atoms with Crippen LogP contribution < -0.4 is 10.9 Å². The lowest BCUT2D eigenvalue weighted by Gasteiger charge is -2.05. The Balaban J connectivity index is 2.17. The number of benzene rings is 1. The first-order valence-electron chi connectivity index (χ1n) is 4.97. The van der Waals surface area contributed by atoms with Crippen molar-refractivity contribution in [3.8, 4) is 11.1 Å². The van der Waals surface area contributed by atoms with Crippen molar-refractivity contribution in [1.29, 1.82) is 0 Å². The van der Waals surface area contributed by atoms with Crippen molar-refractivity contribution >= 4 is 17.5 Å². The molecule has 2 rings (SSSR count). The molecular formula is C11H11ClN4O. The van der Waals surface area contributed by atoms with Gasteiger partial charge in [0.1, 0.15) is 6.73 Å². The fourth-order valence-electron chi connectivity index (χ4n) is 1.33. The average Bonchev–Trinajstić information content (AvgIpc) is 2.37. The Bertz CT molecular complexity index is 489. The van der Waals surface area contributed by atoms with Gasteiger partial charge in [0.2, 0.25) is 5.95 Å². The summed E-state index contributed by atoms with van der Waals surface area (Å²) in [5, 5.41) is 9.22. The highest BCUT2D eigenvalue weighted by molar-refractivity contribution is 6.30. The van der Waals surface area contributed by atoms with Gasteiger partial charge < -0.3 is 5.11 Å². The minimum Gasteiger partial charge on any atom is -0.380 e. The van der Waals surface area contributed by atoms with Gasteiger partial charge in [-0.15, -0.1) is 0 Å². The van der Waals surface area contributed by atoms with E-state index in [2.05, 4.69) is 20.8 Å². The molecular weight excluding hydrogens is 240 g/mol. The minimum absolute atomic E-state index is 0.195. The molecule has 0 aliphatic heterocycles. The monoisotopic (exact) mass is 250 g/mol. The molecule has 1 heterocycles. The fraction of sp³-hybridized carbons (Fsp3) is 0.0909. The largest absolute Gasteiger partial charge is 0.380 e. The van der Waals surface area contributed by atoms with Crippen molar-refractivity contribution in [2.75, 3.05) is 12.2 Å². The third kappa shape index (κ3) is 3.13. The van der Waals surface area contributed by atoms with Gasteiger partial charge in [-0.05, 0) is 17.7 Å². The maximum atomic E-state index is 8.55. The molecule has 0 saturated heterocycles. The molecule has 0 unspecified atom stereocenters. The Kier molecular flexibility index (Phi) is 3.87. The Hall–Kier alpha value is -1.69. The number of hydrazine groups is 1. The lowest BCUT2D eigenvalue weighted by molar-refractivity contribution is 0.271. The number of aliphatic hydroxyl groups is 1. The van der Waals surface area contributed by atoms with E-state index in [9.17, 15) is 0 Å². The molecule has 0 amide bonds. The van der Waals surface area contributed by atoms with E-state index in [-0.39, 0.29) is 6.73 Å². The number of halogens is 1. The molecule has 88 valence electrons. The molecule has 0 radical (unpaired) electrons. The zero-order valence-electron chi connectivity index (χ0n) is 8.89. The highest BCUT2D eigenvalue weighted by atomic mass is 35.5. The van der Waals surface area contributed by atoms with Crippen LogP contribution in [0.25, 0.3) is 11.1 Å². The van der Waals surface area contributed by atoms with Crippen LogP contribution in [0.2, 0.25) is 5.02 Å². The van der Waals surface area contributed by atoms with Crippen molar-refractivity contribution in [2.45, 2.75) is 0 Å². The third-order valence-corrected chi connectivity index (χ3v) is 2.32. The predicted molar refractivity (Wildman–Crippen MR) is 66.3 cm³/mol. The van der Waals surface area contributed by atoms with Gasteiger partial charge in [0.15, 0.2) is 0 Å². The summed E-state index contributed by atoms with van der Waals surface area (Å²) < 4.78 is 0. The number of anilines is 1. The summed E-state index contributed by atoms with van der Waals surface area (Å²) in [6.07, 6.45) is 3.36. The van der Waals surface area contributed by atoms with E-state index >= 15 is 0 Å². The Morgan fingerprint density at radius 2 is 1.94 bits per heavy atom. The first-order chi connectivity index (χ1) is 8.29. The smallest absolute Gasteiger partial charge is 0.237 e. The topological polar surface area (TPSA) is 70.1 Å². The van der Waals surface area contributed by atoms with E-state index in [1.807, 2.05) is 24.3 Å². The summed E-state index contributed by atoms with van der Waals surface area (Å²) in [6, 6.07) is 7.47. The van der Waals surface area contributed by atoms with E-state index in [0.717, 1.165) is 11.1 Å². The first-order valence-corrected chi connectivity index (χ1v) is 5.35. The van der Waals surface area contributed by atoms with Crippen LogP contribution in [-0.4, -0.2) is 21.8 Å². The molecule has 0 aliphatic carbocycles.